The van der Waals surface area contributed by atoms with Crippen molar-refractivity contribution in [2.45, 2.75) is 13.3 Å². The molecule has 1 aliphatic rings. The zero-order valence-electron chi connectivity index (χ0n) is 9.96. The molecule has 92 valence electrons. The van der Waals surface area contributed by atoms with Crippen molar-refractivity contribution in [3.8, 4) is 0 Å². The third-order valence-electron chi connectivity index (χ3n) is 3.22. The van der Waals surface area contributed by atoms with E-state index in [1.165, 1.54) is 18.6 Å². The van der Waals surface area contributed by atoms with Crippen LogP contribution in [0.25, 0.3) is 0 Å². The van der Waals surface area contributed by atoms with E-state index in [-0.39, 0.29) is 5.69 Å². The van der Waals surface area contributed by atoms with E-state index in [0.29, 0.717) is 23.5 Å². The smallest absolute Gasteiger partial charge is 0.311 e. The molecule has 2 unspecified atom stereocenters. The van der Waals surface area contributed by atoms with Gasteiger partial charge in [-0.05, 0) is 24.3 Å². The highest BCUT2D eigenvalue weighted by Gasteiger charge is 2.34. The molecule has 0 aromatic carbocycles. The lowest BCUT2D eigenvalue weighted by atomic mass is 10.3. The SMILES string of the molecule is CC1CC1CN(C)c1nc(N)ccc1[N+](=O)[O-]. The number of hydrogen-bond acceptors (Lipinski definition) is 5. The number of rotatable bonds is 4. The van der Waals surface area contributed by atoms with Gasteiger partial charge in [-0.25, -0.2) is 4.98 Å². The molecule has 0 saturated heterocycles. The summed E-state index contributed by atoms with van der Waals surface area (Å²) < 4.78 is 0. The van der Waals surface area contributed by atoms with Crippen LogP contribution in [0.3, 0.4) is 0 Å². The number of hydrogen-bond donors (Lipinski definition) is 1. The largest absolute Gasteiger partial charge is 0.384 e. The third-order valence-corrected chi connectivity index (χ3v) is 3.22. The summed E-state index contributed by atoms with van der Waals surface area (Å²) in [4.78, 5) is 16.4. The number of aromatic nitrogens is 1. The molecule has 2 N–H and O–H groups in total. The fourth-order valence-electron chi connectivity index (χ4n) is 1.97. The Kier molecular flexibility index (Phi) is 2.87. The van der Waals surface area contributed by atoms with Crippen LogP contribution < -0.4 is 10.6 Å². The van der Waals surface area contributed by atoms with Crippen molar-refractivity contribution >= 4 is 17.3 Å². The van der Waals surface area contributed by atoms with Crippen LogP contribution in [0, 0.1) is 22.0 Å². The highest BCUT2D eigenvalue weighted by atomic mass is 16.6. The summed E-state index contributed by atoms with van der Waals surface area (Å²) in [6.07, 6.45) is 1.18. The topological polar surface area (TPSA) is 85.3 Å². The van der Waals surface area contributed by atoms with Crippen molar-refractivity contribution in [3.05, 3.63) is 22.2 Å². The number of nitrogens with zero attached hydrogens (tertiary/aromatic N) is 3. The average molecular weight is 236 g/mol. The quantitative estimate of drug-likeness (QED) is 0.634. The molecule has 0 bridgehead atoms. The van der Waals surface area contributed by atoms with Crippen LogP contribution in [-0.4, -0.2) is 23.5 Å². The minimum absolute atomic E-state index is 0.00926. The number of nitrogens with two attached hydrogens (primary N) is 1. The summed E-state index contributed by atoms with van der Waals surface area (Å²) in [5, 5.41) is 10.9. The standard InChI is InChI=1S/C11H16N4O2/c1-7-5-8(7)6-14(2)11-9(15(16)17)3-4-10(12)13-11/h3-4,7-8H,5-6H2,1-2H3,(H2,12,13). The first-order valence-electron chi connectivity index (χ1n) is 5.61. The van der Waals surface area contributed by atoms with Crippen LogP contribution >= 0.6 is 0 Å². The molecule has 0 spiro atoms. The molecule has 6 heteroatoms. The van der Waals surface area contributed by atoms with Gasteiger partial charge in [-0.2, -0.15) is 0 Å². The molecule has 2 atom stereocenters. The molecular weight excluding hydrogens is 220 g/mol. The van der Waals surface area contributed by atoms with E-state index in [9.17, 15) is 10.1 Å². The maximum atomic E-state index is 10.9. The van der Waals surface area contributed by atoms with E-state index >= 15 is 0 Å². The Morgan fingerprint density at radius 2 is 2.29 bits per heavy atom. The van der Waals surface area contributed by atoms with Crippen molar-refractivity contribution in [1.29, 1.82) is 0 Å². The first-order valence-corrected chi connectivity index (χ1v) is 5.61. The molecule has 1 aromatic rings. The predicted molar refractivity (Wildman–Crippen MR) is 65.8 cm³/mol. The molecule has 1 heterocycles. The van der Waals surface area contributed by atoms with Crippen molar-refractivity contribution in [3.63, 3.8) is 0 Å². The lowest BCUT2D eigenvalue weighted by Crippen LogP contribution is -2.23. The minimum atomic E-state index is -0.422. The Hall–Kier alpha value is -1.85. The average Bonchev–Trinajstić information content (AvgIpc) is 2.93. The van der Waals surface area contributed by atoms with E-state index in [1.54, 1.807) is 0 Å². The number of nitrogen functional groups attached to an aromatic ring is 1. The fourth-order valence-corrected chi connectivity index (χ4v) is 1.97. The highest BCUT2D eigenvalue weighted by Crippen LogP contribution is 2.39. The van der Waals surface area contributed by atoms with Crippen LogP contribution in [0.4, 0.5) is 17.3 Å². The van der Waals surface area contributed by atoms with Gasteiger partial charge in [-0.15, -0.1) is 0 Å². The Morgan fingerprint density at radius 3 is 2.82 bits per heavy atom. The summed E-state index contributed by atoms with van der Waals surface area (Å²) in [7, 11) is 1.82. The van der Waals surface area contributed by atoms with Crippen molar-refractivity contribution in [1.82, 2.24) is 4.98 Å². The second-order valence-electron chi connectivity index (χ2n) is 4.69. The summed E-state index contributed by atoms with van der Waals surface area (Å²) in [5.41, 5.74) is 5.59. The molecule has 0 radical (unpaired) electrons. The van der Waals surface area contributed by atoms with E-state index in [2.05, 4.69) is 11.9 Å². The molecule has 1 saturated carbocycles. The maximum Gasteiger partial charge on any atom is 0.311 e. The van der Waals surface area contributed by atoms with Gasteiger partial charge in [0.1, 0.15) is 5.82 Å². The molecule has 6 nitrogen and oxygen atoms in total. The van der Waals surface area contributed by atoms with Crippen LogP contribution in [-0.2, 0) is 0 Å². The molecule has 1 fully saturated rings. The Bertz CT molecular complexity index is 449. The Morgan fingerprint density at radius 1 is 1.65 bits per heavy atom. The van der Waals surface area contributed by atoms with Crippen molar-refractivity contribution in [2.24, 2.45) is 11.8 Å². The molecule has 1 aliphatic carbocycles. The van der Waals surface area contributed by atoms with Crippen molar-refractivity contribution in [2.75, 3.05) is 24.2 Å². The molecular formula is C11H16N4O2. The van der Waals surface area contributed by atoms with Crippen LogP contribution in [0.5, 0.6) is 0 Å². The van der Waals surface area contributed by atoms with Gasteiger partial charge in [-0.3, -0.25) is 10.1 Å². The number of pyridine rings is 1. The minimum Gasteiger partial charge on any atom is -0.384 e. The van der Waals surface area contributed by atoms with Gasteiger partial charge >= 0.3 is 5.69 Å². The van der Waals surface area contributed by atoms with Crippen LogP contribution in [0.15, 0.2) is 12.1 Å². The third kappa shape index (κ3) is 2.46. The van der Waals surface area contributed by atoms with E-state index in [4.69, 9.17) is 5.73 Å². The summed E-state index contributed by atoms with van der Waals surface area (Å²) in [6.45, 7) is 2.97. The van der Waals surface area contributed by atoms with Gasteiger partial charge in [0.05, 0.1) is 4.92 Å². The van der Waals surface area contributed by atoms with Crippen molar-refractivity contribution < 1.29 is 4.92 Å². The Balaban J connectivity index is 2.22. The van der Waals surface area contributed by atoms with Gasteiger partial charge in [0.2, 0.25) is 5.82 Å². The first kappa shape index (κ1) is 11.6. The second kappa shape index (κ2) is 4.20. The van der Waals surface area contributed by atoms with Crippen LogP contribution in [0.2, 0.25) is 0 Å². The van der Waals surface area contributed by atoms with E-state index < -0.39 is 4.92 Å². The van der Waals surface area contributed by atoms with Gasteiger partial charge in [-0.1, -0.05) is 6.92 Å². The first-order chi connectivity index (χ1) is 7.99. The lowest BCUT2D eigenvalue weighted by Gasteiger charge is -2.18. The highest BCUT2D eigenvalue weighted by molar-refractivity contribution is 5.60. The van der Waals surface area contributed by atoms with Gasteiger partial charge in [0.15, 0.2) is 0 Å². The number of nitro groups is 1. The van der Waals surface area contributed by atoms with Crippen LogP contribution in [0.1, 0.15) is 13.3 Å². The molecule has 17 heavy (non-hydrogen) atoms. The molecule has 0 aliphatic heterocycles. The normalized spacial score (nSPS) is 22.2. The van der Waals surface area contributed by atoms with Gasteiger partial charge in [0, 0.05) is 19.7 Å². The summed E-state index contributed by atoms with van der Waals surface area (Å²) in [6, 6.07) is 2.86. The number of anilines is 2. The molecule has 0 amide bonds. The lowest BCUT2D eigenvalue weighted by molar-refractivity contribution is -0.384. The zero-order valence-corrected chi connectivity index (χ0v) is 9.96. The second-order valence-corrected chi connectivity index (χ2v) is 4.69. The van der Waals surface area contributed by atoms with E-state index in [1.807, 2.05) is 11.9 Å². The predicted octanol–water partition coefficient (Wildman–Crippen LogP) is 1.66. The maximum absolute atomic E-state index is 10.9. The van der Waals surface area contributed by atoms with Gasteiger partial charge in [0.25, 0.3) is 0 Å². The monoisotopic (exact) mass is 236 g/mol. The van der Waals surface area contributed by atoms with Gasteiger partial charge < -0.3 is 10.6 Å². The molecule has 1 aromatic heterocycles. The summed E-state index contributed by atoms with van der Waals surface area (Å²) in [5.74, 6) is 1.98. The van der Waals surface area contributed by atoms with E-state index in [0.717, 1.165) is 6.54 Å². The Labute approximate surface area is 99.6 Å². The fraction of sp³-hybridized carbons (Fsp3) is 0.545. The summed E-state index contributed by atoms with van der Waals surface area (Å²) >= 11 is 0. The zero-order chi connectivity index (χ0) is 12.6. The molecule has 2 rings (SSSR count).